The number of carbonyl (C=O) groups is 1. The molecule has 1 aliphatic heterocycles. The van der Waals surface area contributed by atoms with Crippen LogP contribution in [0.25, 0.3) is 0 Å². The average molecular weight is 452 g/mol. The number of nitrogens with zero attached hydrogens (tertiary/aromatic N) is 1. The van der Waals surface area contributed by atoms with Crippen LogP contribution in [0.3, 0.4) is 0 Å². The SMILES string of the molecule is CCCCCCSC1=C(C#N)[C@H](c2ccco2)C(C(=O)Nc2ccccc2OC)=C(C)N1. The zero-order valence-electron chi connectivity index (χ0n) is 18.7. The van der Waals surface area contributed by atoms with Gasteiger partial charge in [-0.2, -0.15) is 5.26 Å². The zero-order chi connectivity index (χ0) is 22.9. The average Bonchev–Trinajstić information content (AvgIpc) is 3.33. The van der Waals surface area contributed by atoms with E-state index >= 15 is 0 Å². The van der Waals surface area contributed by atoms with Crippen molar-refractivity contribution in [2.24, 2.45) is 0 Å². The maximum Gasteiger partial charge on any atom is 0.254 e. The van der Waals surface area contributed by atoms with Crippen molar-refractivity contribution in [3.05, 3.63) is 70.3 Å². The number of carbonyl (C=O) groups excluding carboxylic acids is 1. The zero-order valence-corrected chi connectivity index (χ0v) is 19.6. The number of amides is 1. The summed E-state index contributed by atoms with van der Waals surface area (Å²) in [5.74, 6) is 1.16. The van der Waals surface area contributed by atoms with Crippen molar-refractivity contribution in [1.82, 2.24) is 5.32 Å². The number of para-hydroxylation sites is 2. The van der Waals surface area contributed by atoms with Gasteiger partial charge in [0.1, 0.15) is 11.5 Å². The van der Waals surface area contributed by atoms with Gasteiger partial charge < -0.3 is 19.8 Å². The molecule has 1 aromatic heterocycles. The van der Waals surface area contributed by atoms with E-state index in [1.807, 2.05) is 19.1 Å². The van der Waals surface area contributed by atoms with Crippen LogP contribution >= 0.6 is 11.8 Å². The first kappa shape index (κ1) is 23.6. The van der Waals surface area contributed by atoms with Gasteiger partial charge in [0.25, 0.3) is 5.91 Å². The Kier molecular flexibility index (Phi) is 8.46. The summed E-state index contributed by atoms with van der Waals surface area (Å²) >= 11 is 1.63. The Morgan fingerprint density at radius 3 is 2.75 bits per heavy atom. The quantitative estimate of drug-likeness (QED) is 0.435. The lowest BCUT2D eigenvalue weighted by molar-refractivity contribution is -0.113. The van der Waals surface area contributed by atoms with Gasteiger partial charge in [-0.25, -0.2) is 0 Å². The van der Waals surface area contributed by atoms with E-state index in [9.17, 15) is 10.1 Å². The van der Waals surface area contributed by atoms with E-state index in [-0.39, 0.29) is 5.91 Å². The maximum absolute atomic E-state index is 13.4. The number of unbranched alkanes of at least 4 members (excludes halogenated alkanes) is 3. The molecule has 0 radical (unpaired) electrons. The third-order valence-electron chi connectivity index (χ3n) is 5.32. The second-order valence-electron chi connectivity index (χ2n) is 7.53. The minimum atomic E-state index is -0.580. The minimum absolute atomic E-state index is 0.305. The van der Waals surface area contributed by atoms with E-state index in [0.717, 1.165) is 17.2 Å². The largest absolute Gasteiger partial charge is 0.495 e. The number of ether oxygens (including phenoxy) is 1. The highest BCUT2D eigenvalue weighted by atomic mass is 32.2. The molecular formula is C25H29N3O3S. The molecule has 6 nitrogen and oxygen atoms in total. The predicted molar refractivity (Wildman–Crippen MR) is 128 cm³/mol. The molecule has 7 heteroatoms. The van der Waals surface area contributed by atoms with E-state index in [4.69, 9.17) is 9.15 Å². The number of benzene rings is 1. The maximum atomic E-state index is 13.4. The Morgan fingerprint density at radius 2 is 2.06 bits per heavy atom. The molecule has 0 bridgehead atoms. The van der Waals surface area contributed by atoms with Crippen LogP contribution in [0.1, 0.15) is 51.2 Å². The molecule has 0 aliphatic carbocycles. The van der Waals surface area contributed by atoms with E-state index < -0.39 is 5.92 Å². The highest BCUT2D eigenvalue weighted by Crippen LogP contribution is 2.41. The molecule has 0 spiro atoms. The highest BCUT2D eigenvalue weighted by Gasteiger charge is 2.36. The van der Waals surface area contributed by atoms with Gasteiger partial charge >= 0.3 is 0 Å². The van der Waals surface area contributed by atoms with Crippen molar-refractivity contribution in [1.29, 1.82) is 5.26 Å². The number of dihydropyridines is 1. The number of anilines is 1. The first-order valence-corrected chi connectivity index (χ1v) is 11.8. The molecule has 3 rings (SSSR count). The second kappa shape index (κ2) is 11.5. The Hall–Kier alpha value is -3.11. The molecule has 0 unspecified atom stereocenters. The summed E-state index contributed by atoms with van der Waals surface area (Å²) in [7, 11) is 1.56. The molecule has 168 valence electrons. The molecule has 0 fully saturated rings. The fourth-order valence-corrected chi connectivity index (χ4v) is 4.80. The van der Waals surface area contributed by atoms with Crippen molar-refractivity contribution in [3.63, 3.8) is 0 Å². The van der Waals surface area contributed by atoms with Crippen LogP contribution in [0.5, 0.6) is 5.75 Å². The number of furan rings is 1. The lowest BCUT2D eigenvalue weighted by atomic mass is 9.85. The Balaban J connectivity index is 1.91. The summed E-state index contributed by atoms with van der Waals surface area (Å²) in [5, 5.41) is 17.1. The van der Waals surface area contributed by atoms with Crippen LogP contribution in [0, 0.1) is 11.3 Å². The van der Waals surface area contributed by atoms with Crippen molar-refractivity contribution in [3.8, 4) is 11.8 Å². The summed E-state index contributed by atoms with van der Waals surface area (Å²) in [6, 6.07) is 13.1. The fourth-order valence-electron chi connectivity index (χ4n) is 3.71. The number of hydrogen-bond donors (Lipinski definition) is 2. The third-order valence-corrected chi connectivity index (χ3v) is 6.42. The van der Waals surface area contributed by atoms with Crippen molar-refractivity contribution >= 4 is 23.4 Å². The summed E-state index contributed by atoms with van der Waals surface area (Å²) in [6.45, 7) is 4.05. The molecule has 2 heterocycles. The second-order valence-corrected chi connectivity index (χ2v) is 8.64. The number of nitrogens with one attached hydrogen (secondary N) is 2. The Labute approximate surface area is 193 Å². The lowest BCUT2D eigenvalue weighted by Crippen LogP contribution is -2.30. The van der Waals surface area contributed by atoms with Crippen LogP contribution in [-0.4, -0.2) is 18.8 Å². The van der Waals surface area contributed by atoms with Gasteiger partial charge in [-0.1, -0.05) is 38.3 Å². The van der Waals surface area contributed by atoms with Crippen molar-refractivity contribution in [2.45, 2.75) is 45.4 Å². The van der Waals surface area contributed by atoms with E-state index in [0.29, 0.717) is 34.0 Å². The van der Waals surface area contributed by atoms with E-state index in [2.05, 4.69) is 23.6 Å². The number of hydrogen-bond acceptors (Lipinski definition) is 6. The molecule has 2 aromatic rings. The topological polar surface area (TPSA) is 87.3 Å². The fraction of sp³-hybridized carbons (Fsp3) is 0.360. The summed E-state index contributed by atoms with van der Waals surface area (Å²) < 4.78 is 11.0. The van der Waals surface area contributed by atoms with Gasteiger partial charge in [0.2, 0.25) is 0 Å². The molecule has 1 atom stereocenters. The highest BCUT2D eigenvalue weighted by molar-refractivity contribution is 8.03. The molecule has 2 N–H and O–H groups in total. The summed E-state index contributed by atoms with van der Waals surface area (Å²) in [6.07, 6.45) is 6.20. The van der Waals surface area contributed by atoms with Gasteiger partial charge in [0.05, 0.1) is 47.2 Å². The van der Waals surface area contributed by atoms with Crippen LogP contribution in [0.15, 0.2) is 69.0 Å². The number of nitriles is 1. The normalized spacial score (nSPS) is 15.9. The first-order valence-electron chi connectivity index (χ1n) is 10.8. The first-order chi connectivity index (χ1) is 15.6. The Bertz CT molecular complexity index is 1030. The van der Waals surface area contributed by atoms with Crippen LogP contribution in [0.2, 0.25) is 0 Å². The predicted octanol–water partition coefficient (Wildman–Crippen LogP) is 5.94. The minimum Gasteiger partial charge on any atom is -0.495 e. The molecule has 1 aliphatic rings. The van der Waals surface area contributed by atoms with Gasteiger partial charge in [-0.05, 0) is 43.4 Å². The number of rotatable bonds is 10. The Morgan fingerprint density at radius 1 is 1.25 bits per heavy atom. The van der Waals surface area contributed by atoms with Gasteiger partial charge in [-0.3, -0.25) is 4.79 Å². The molecule has 0 saturated heterocycles. The van der Waals surface area contributed by atoms with Gasteiger partial charge in [0, 0.05) is 5.70 Å². The third kappa shape index (κ3) is 5.38. The monoisotopic (exact) mass is 451 g/mol. The lowest BCUT2D eigenvalue weighted by Gasteiger charge is -2.28. The summed E-state index contributed by atoms with van der Waals surface area (Å²) in [5.41, 5.74) is 2.22. The standard InChI is InChI=1S/C25H29N3O3S/c1-4-5-6-9-15-32-25-18(16-26)23(21-13-10-14-31-21)22(17(2)27-25)24(29)28-19-11-7-8-12-20(19)30-3/h7-8,10-14,23,27H,4-6,9,15H2,1-3H3,(H,28,29)/t23-/m1/s1. The number of thioether (sulfide) groups is 1. The van der Waals surface area contributed by atoms with Crippen LogP contribution < -0.4 is 15.4 Å². The molecule has 0 saturated carbocycles. The molecule has 32 heavy (non-hydrogen) atoms. The van der Waals surface area contributed by atoms with Crippen LogP contribution in [-0.2, 0) is 4.79 Å². The molecular weight excluding hydrogens is 422 g/mol. The number of methoxy groups -OCH3 is 1. The van der Waals surface area contributed by atoms with Gasteiger partial charge in [0.15, 0.2) is 0 Å². The van der Waals surface area contributed by atoms with E-state index in [1.54, 1.807) is 49.4 Å². The summed E-state index contributed by atoms with van der Waals surface area (Å²) in [4.78, 5) is 13.4. The van der Waals surface area contributed by atoms with Gasteiger partial charge in [-0.15, -0.1) is 11.8 Å². The molecule has 1 amide bonds. The number of allylic oxidation sites excluding steroid dienone is 2. The van der Waals surface area contributed by atoms with Crippen molar-refractivity contribution < 1.29 is 13.9 Å². The van der Waals surface area contributed by atoms with Crippen molar-refractivity contribution in [2.75, 3.05) is 18.2 Å². The van der Waals surface area contributed by atoms with E-state index in [1.165, 1.54) is 19.3 Å². The smallest absolute Gasteiger partial charge is 0.254 e. The van der Waals surface area contributed by atoms with Crippen LogP contribution in [0.4, 0.5) is 5.69 Å². The molecule has 1 aromatic carbocycles.